The van der Waals surface area contributed by atoms with Gasteiger partial charge >= 0.3 is 0 Å². The molecular formula is C20H26IN3O. The molecule has 134 valence electrons. The highest BCUT2D eigenvalue weighted by atomic mass is 127. The number of aromatic hydroxyl groups is 1. The number of aryl methyl sites for hydroxylation is 1. The minimum atomic E-state index is 0. The average Bonchev–Trinajstić information content (AvgIpc) is 2.64. The Kier molecular flexibility index (Phi) is 7.55. The second-order valence-corrected chi connectivity index (χ2v) is 6.17. The van der Waals surface area contributed by atoms with Crippen molar-refractivity contribution in [3.8, 4) is 5.75 Å². The van der Waals surface area contributed by atoms with Crippen LogP contribution >= 0.6 is 24.0 Å². The van der Waals surface area contributed by atoms with E-state index in [2.05, 4.69) is 33.8 Å². The lowest BCUT2D eigenvalue weighted by Gasteiger charge is -2.21. The summed E-state index contributed by atoms with van der Waals surface area (Å²) in [7, 11) is 1.76. The highest BCUT2D eigenvalue weighted by Gasteiger charge is 2.16. The molecule has 0 amide bonds. The molecule has 0 saturated carbocycles. The molecule has 0 radical (unpaired) electrons. The Hall–Kier alpha value is -1.76. The molecule has 1 aliphatic rings. The summed E-state index contributed by atoms with van der Waals surface area (Å²) in [5.74, 6) is 1.12. The van der Waals surface area contributed by atoms with Crippen molar-refractivity contribution in [1.29, 1.82) is 0 Å². The number of guanidine groups is 1. The average molecular weight is 451 g/mol. The molecule has 0 aliphatic heterocycles. The van der Waals surface area contributed by atoms with Crippen LogP contribution in [0.1, 0.15) is 35.1 Å². The van der Waals surface area contributed by atoms with Gasteiger partial charge in [0.2, 0.25) is 0 Å². The molecule has 1 aliphatic carbocycles. The molecule has 2 aromatic carbocycles. The fourth-order valence-corrected chi connectivity index (χ4v) is 3.26. The molecule has 0 fully saturated rings. The normalized spacial score (nSPS) is 13.6. The Balaban J connectivity index is 0.00000225. The summed E-state index contributed by atoms with van der Waals surface area (Å²) in [6, 6.07) is 14.1. The minimum Gasteiger partial charge on any atom is -0.508 e. The molecule has 0 bridgehead atoms. The van der Waals surface area contributed by atoms with Gasteiger partial charge < -0.3 is 15.7 Å². The van der Waals surface area contributed by atoms with Crippen LogP contribution in [0.4, 0.5) is 0 Å². The third kappa shape index (κ3) is 5.11. The fourth-order valence-electron chi connectivity index (χ4n) is 3.26. The molecule has 3 rings (SSSR count). The molecule has 0 atom stereocenters. The van der Waals surface area contributed by atoms with Crippen LogP contribution < -0.4 is 10.6 Å². The van der Waals surface area contributed by atoms with Crippen LogP contribution in [0.5, 0.6) is 5.75 Å². The number of fused-ring (bicyclic) bond motifs is 1. The maximum atomic E-state index is 10.3. The Labute approximate surface area is 166 Å². The van der Waals surface area contributed by atoms with Crippen molar-refractivity contribution in [3.05, 3.63) is 64.7 Å². The molecule has 0 spiro atoms. The molecule has 0 aromatic heterocycles. The Bertz CT molecular complexity index is 716. The number of hydrogen-bond donors (Lipinski definition) is 3. The maximum Gasteiger partial charge on any atom is 0.191 e. The van der Waals surface area contributed by atoms with Gasteiger partial charge in [-0.25, -0.2) is 0 Å². The van der Waals surface area contributed by atoms with Crippen LogP contribution in [-0.2, 0) is 25.9 Å². The number of rotatable bonds is 4. The van der Waals surface area contributed by atoms with E-state index in [4.69, 9.17) is 0 Å². The van der Waals surface area contributed by atoms with E-state index in [1.54, 1.807) is 7.05 Å². The van der Waals surface area contributed by atoms with Crippen molar-refractivity contribution < 1.29 is 5.11 Å². The fraction of sp³-hybridized carbons (Fsp3) is 0.350. The first kappa shape index (κ1) is 19.6. The molecule has 2 aromatic rings. The molecule has 25 heavy (non-hydrogen) atoms. The highest BCUT2D eigenvalue weighted by Crippen LogP contribution is 2.30. The molecule has 0 unspecified atom stereocenters. The molecule has 0 heterocycles. The second-order valence-electron chi connectivity index (χ2n) is 6.17. The van der Waals surface area contributed by atoms with E-state index in [1.165, 1.54) is 29.5 Å². The number of nitrogens with zero attached hydrogens (tertiary/aromatic N) is 1. The summed E-state index contributed by atoms with van der Waals surface area (Å²) < 4.78 is 0. The van der Waals surface area contributed by atoms with Gasteiger partial charge in [0.15, 0.2) is 5.96 Å². The third-order valence-corrected chi connectivity index (χ3v) is 4.59. The van der Waals surface area contributed by atoms with Crippen molar-refractivity contribution >= 4 is 29.9 Å². The number of benzene rings is 2. The van der Waals surface area contributed by atoms with Gasteiger partial charge in [0.1, 0.15) is 5.75 Å². The quantitative estimate of drug-likeness (QED) is 0.377. The number of phenolic OH excluding ortho intramolecular Hbond substituents is 1. The van der Waals surface area contributed by atoms with Crippen LogP contribution in [-0.4, -0.2) is 18.1 Å². The first-order valence-corrected chi connectivity index (χ1v) is 8.59. The Morgan fingerprint density at radius 2 is 1.72 bits per heavy atom. The monoisotopic (exact) mass is 451 g/mol. The largest absolute Gasteiger partial charge is 0.508 e. The summed E-state index contributed by atoms with van der Waals surface area (Å²) in [6.07, 6.45) is 4.61. The predicted molar refractivity (Wildman–Crippen MR) is 114 cm³/mol. The second kappa shape index (κ2) is 9.65. The zero-order chi connectivity index (χ0) is 16.8. The standard InChI is InChI=1S/C20H25N3O.HI/c1-21-20(22-13-15-7-3-2-4-8-15)23-14-18-17-10-6-5-9-16(17)11-12-19(18)24;/h2-4,7-8,11-12,24H,5-6,9-10,13-14H2,1H3,(H2,21,22,23);1H. The summed E-state index contributed by atoms with van der Waals surface area (Å²) in [6.45, 7) is 1.31. The van der Waals surface area contributed by atoms with Crippen LogP contribution in [0.15, 0.2) is 47.5 Å². The smallest absolute Gasteiger partial charge is 0.191 e. The number of nitrogens with one attached hydrogen (secondary N) is 2. The molecule has 3 N–H and O–H groups in total. The Morgan fingerprint density at radius 3 is 2.48 bits per heavy atom. The summed E-state index contributed by atoms with van der Waals surface area (Å²) in [5, 5.41) is 16.9. The first-order chi connectivity index (χ1) is 11.8. The lowest BCUT2D eigenvalue weighted by atomic mass is 9.88. The van der Waals surface area contributed by atoms with Gasteiger partial charge in [-0.05, 0) is 48.4 Å². The van der Waals surface area contributed by atoms with Crippen molar-refractivity contribution in [1.82, 2.24) is 10.6 Å². The van der Waals surface area contributed by atoms with Gasteiger partial charge in [-0.1, -0.05) is 36.4 Å². The zero-order valence-corrected chi connectivity index (χ0v) is 16.9. The molecule has 4 nitrogen and oxygen atoms in total. The van der Waals surface area contributed by atoms with E-state index in [-0.39, 0.29) is 24.0 Å². The van der Waals surface area contributed by atoms with Crippen LogP contribution in [0.2, 0.25) is 0 Å². The van der Waals surface area contributed by atoms with E-state index in [1.807, 2.05) is 24.3 Å². The maximum absolute atomic E-state index is 10.3. The van der Waals surface area contributed by atoms with Crippen LogP contribution in [0.25, 0.3) is 0 Å². The minimum absolute atomic E-state index is 0. The van der Waals surface area contributed by atoms with Crippen molar-refractivity contribution in [2.45, 2.75) is 38.8 Å². The van der Waals surface area contributed by atoms with Crippen LogP contribution in [0.3, 0.4) is 0 Å². The van der Waals surface area contributed by atoms with Gasteiger partial charge in [-0.3, -0.25) is 4.99 Å². The van der Waals surface area contributed by atoms with Crippen LogP contribution in [0, 0.1) is 0 Å². The molecule has 0 saturated heterocycles. The van der Waals surface area contributed by atoms with E-state index in [0.717, 1.165) is 30.9 Å². The van der Waals surface area contributed by atoms with Gasteiger partial charge in [0.05, 0.1) is 0 Å². The SMILES string of the molecule is CN=C(NCc1ccccc1)NCc1c(O)ccc2c1CCCC2.I. The lowest BCUT2D eigenvalue weighted by Crippen LogP contribution is -2.36. The summed E-state index contributed by atoms with van der Waals surface area (Å²) >= 11 is 0. The lowest BCUT2D eigenvalue weighted by molar-refractivity contribution is 0.464. The first-order valence-electron chi connectivity index (χ1n) is 8.59. The van der Waals surface area contributed by atoms with Gasteiger partial charge in [0.25, 0.3) is 0 Å². The van der Waals surface area contributed by atoms with E-state index < -0.39 is 0 Å². The van der Waals surface area contributed by atoms with E-state index in [9.17, 15) is 5.11 Å². The number of hydrogen-bond acceptors (Lipinski definition) is 2. The molecule has 5 heteroatoms. The van der Waals surface area contributed by atoms with Gasteiger partial charge in [-0.2, -0.15) is 0 Å². The number of aliphatic imine (C=N–C) groups is 1. The van der Waals surface area contributed by atoms with E-state index in [0.29, 0.717) is 12.3 Å². The topological polar surface area (TPSA) is 56.7 Å². The van der Waals surface area contributed by atoms with Crippen molar-refractivity contribution in [2.24, 2.45) is 4.99 Å². The zero-order valence-electron chi connectivity index (χ0n) is 14.6. The third-order valence-electron chi connectivity index (χ3n) is 4.59. The highest BCUT2D eigenvalue weighted by molar-refractivity contribution is 14.0. The van der Waals surface area contributed by atoms with E-state index >= 15 is 0 Å². The molecular weight excluding hydrogens is 425 g/mol. The predicted octanol–water partition coefficient (Wildman–Crippen LogP) is 3.75. The van der Waals surface area contributed by atoms with Crippen molar-refractivity contribution in [3.63, 3.8) is 0 Å². The van der Waals surface area contributed by atoms with Crippen molar-refractivity contribution in [2.75, 3.05) is 7.05 Å². The Morgan fingerprint density at radius 1 is 1.00 bits per heavy atom. The van der Waals surface area contributed by atoms with Gasteiger partial charge in [-0.15, -0.1) is 24.0 Å². The number of halogens is 1. The summed E-state index contributed by atoms with van der Waals surface area (Å²) in [4.78, 5) is 4.27. The van der Waals surface area contributed by atoms with Gasteiger partial charge in [0, 0.05) is 25.7 Å². The number of phenols is 1. The summed E-state index contributed by atoms with van der Waals surface area (Å²) in [5.41, 5.74) is 4.91.